The maximum absolute atomic E-state index is 12.2. The second-order valence-corrected chi connectivity index (χ2v) is 7.52. The maximum atomic E-state index is 12.2. The summed E-state index contributed by atoms with van der Waals surface area (Å²) in [6.45, 7) is 0.320. The Hall–Kier alpha value is -2.45. The van der Waals surface area contributed by atoms with E-state index in [0.29, 0.717) is 18.0 Å². The van der Waals surface area contributed by atoms with Crippen molar-refractivity contribution in [1.82, 2.24) is 15.0 Å². The Morgan fingerprint density at radius 1 is 1.24 bits per heavy atom. The Labute approximate surface area is 146 Å². The molecule has 1 aliphatic rings. The van der Waals surface area contributed by atoms with Gasteiger partial charge in [-0.2, -0.15) is 0 Å². The van der Waals surface area contributed by atoms with Crippen LogP contribution in [0.5, 0.6) is 5.88 Å². The number of amides is 1. The zero-order valence-electron chi connectivity index (χ0n) is 13.7. The molecule has 132 valence electrons. The standard InChI is InChI=1S/C17H19N3O4S/c1-24-16-10-12(8-9-18-16)11-19-17(21)13-2-6-15(7-3-13)25(22,23)20-14-4-5-14/h2-3,6-10,14,20H,4-5,11H2,1H3,(H,19,21). The smallest absolute Gasteiger partial charge is 0.251 e. The molecule has 1 heterocycles. The summed E-state index contributed by atoms with van der Waals surface area (Å²) < 4.78 is 31.9. The van der Waals surface area contributed by atoms with Crippen LogP contribution in [0, 0.1) is 0 Å². The van der Waals surface area contributed by atoms with Crippen molar-refractivity contribution in [2.24, 2.45) is 0 Å². The van der Waals surface area contributed by atoms with Crippen LogP contribution in [0.25, 0.3) is 0 Å². The van der Waals surface area contributed by atoms with Gasteiger partial charge in [-0.05, 0) is 48.7 Å². The summed E-state index contributed by atoms with van der Waals surface area (Å²) in [7, 11) is -1.98. The Morgan fingerprint density at radius 3 is 2.60 bits per heavy atom. The number of aromatic nitrogens is 1. The Bertz CT molecular complexity index is 862. The first-order valence-electron chi connectivity index (χ1n) is 7.87. The molecule has 2 aromatic rings. The molecule has 0 atom stereocenters. The molecule has 1 amide bonds. The number of carbonyl (C=O) groups excluding carboxylic acids is 1. The zero-order valence-corrected chi connectivity index (χ0v) is 14.5. The van der Waals surface area contributed by atoms with E-state index in [1.807, 2.05) is 0 Å². The highest BCUT2D eigenvalue weighted by molar-refractivity contribution is 7.89. The van der Waals surface area contributed by atoms with Crippen molar-refractivity contribution in [3.63, 3.8) is 0 Å². The zero-order chi connectivity index (χ0) is 17.9. The lowest BCUT2D eigenvalue weighted by Crippen LogP contribution is -2.26. The quantitative estimate of drug-likeness (QED) is 0.778. The second-order valence-electron chi connectivity index (χ2n) is 5.81. The van der Waals surface area contributed by atoms with E-state index >= 15 is 0 Å². The summed E-state index contributed by atoms with van der Waals surface area (Å²) in [5.41, 5.74) is 1.25. The lowest BCUT2D eigenvalue weighted by Gasteiger charge is -2.08. The predicted octanol–water partition coefficient (Wildman–Crippen LogP) is 1.46. The van der Waals surface area contributed by atoms with Gasteiger partial charge in [0.2, 0.25) is 15.9 Å². The molecule has 1 saturated carbocycles. The molecule has 1 aromatic heterocycles. The van der Waals surface area contributed by atoms with E-state index < -0.39 is 10.0 Å². The normalized spacial score (nSPS) is 14.1. The van der Waals surface area contributed by atoms with Gasteiger partial charge >= 0.3 is 0 Å². The summed E-state index contributed by atoms with van der Waals surface area (Å²) in [6.07, 6.45) is 3.35. The topological polar surface area (TPSA) is 97.4 Å². The molecule has 3 rings (SSSR count). The van der Waals surface area contributed by atoms with Gasteiger partial charge in [-0.25, -0.2) is 18.1 Å². The first-order chi connectivity index (χ1) is 12.0. The van der Waals surface area contributed by atoms with Crippen molar-refractivity contribution in [3.05, 3.63) is 53.7 Å². The minimum atomic E-state index is -3.51. The molecular weight excluding hydrogens is 342 g/mol. The third-order valence-corrected chi connectivity index (χ3v) is 5.32. The Morgan fingerprint density at radius 2 is 1.96 bits per heavy atom. The van der Waals surface area contributed by atoms with Crippen LogP contribution in [-0.2, 0) is 16.6 Å². The lowest BCUT2D eigenvalue weighted by molar-refractivity contribution is 0.0950. The van der Waals surface area contributed by atoms with Gasteiger partial charge in [-0.15, -0.1) is 0 Å². The molecule has 1 aromatic carbocycles. The SMILES string of the molecule is COc1cc(CNC(=O)c2ccc(S(=O)(=O)NC3CC3)cc2)ccn1. The van der Waals surface area contributed by atoms with Gasteiger partial charge in [0, 0.05) is 30.4 Å². The number of nitrogens with zero attached hydrogens (tertiary/aromatic N) is 1. The number of methoxy groups -OCH3 is 1. The predicted molar refractivity (Wildman–Crippen MR) is 91.7 cm³/mol. The molecule has 0 unspecified atom stereocenters. The van der Waals surface area contributed by atoms with Crippen LogP contribution in [0.15, 0.2) is 47.5 Å². The highest BCUT2D eigenvalue weighted by Crippen LogP contribution is 2.22. The molecule has 8 heteroatoms. The summed E-state index contributed by atoms with van der Waals surface area (Å²) in [5.74, 6) is 0.194. The molecule has 1 aliphatic carbocycles. The first kappa shape index (κ1) is 17.4. The number of ether oxygens (including phenoxy) is 1. The van der Waals surface area contributed by atoms with Gasteiger partial charge in [0.1, 0.15) is 0 Å². The molecular formula is C17H19N3O4S. The summed E-state index contributed by atoms with van der Waals surface area (Å²) in [6, 6.07) is 9.45. The van der Waals surface area contributed by atoms with Gasteiger partial charge in [0.25, 0.3) is 5.91 Å². The number of benzene rings is 1. The lowest BCUT2D eigenvalue weighted by atomic mass is 10.2. The average molecular weight is 361 g/mol. The van der Waals surface area contributed by atoms with Gasteiger partial charge in [-0.1, -0.05) is 0 Å². The Kier molecular flexibility index (Phi) is 5.00. The summed E-state index contributed by atoms with van der Waals surface area (Å²) in [5, 5.41) is 2.78. The number of nitrogens with one attached hydrogen (secondary N) is 2. The molecule has 25 heavy (non-hydrogen) atoms. The van der Waals surface area contributed by atoms with Crippen molar-refractivity contribution >= 4 is 15.9 Å². The van der Waals surface area contributed by atoms with E-state index in [2.05, 4.69) is 15.0 Å². The molecule has 0 saturated heterocycles. The van der Waals surface area contributed by atoms with Gasteiger partial charge in [0.15, 0.2) is 0 Å². The van der Waals surface area contributed by atoms with E-state index in [-0.39, 0.29) is 16.8 Å². The number of pyridine rings is 1. The molecule has 2 N–H and O–H groups in total. The fourth-order valence-corrected chi connectivity index (χ4v) is 3.54. The van der Waals surface area contributed by atoms with Gasteiger partial charge < -0.3 is 10.1 Å². The van der Waals surface area contributed by atoms with Crippen LogP contribution in [-0.4, -0.2) is 32.5 Å². The minimum absolute atomic E-state index is 0.0466. The fraction of sp³-hybridized carbons (Fsp3) is 0.294. The van der Waals surface area contributed by atoms with Crippen molar-refractivity contribution in [1.29, 1.82) is 0 Å². The van der Waals surface area contributed by atoms with E-state index in [9.17, 15) is 13.2 Å². The maximum Gasteiger partial charge on any atom is 0.251 e. The Balaban J connectivity index is 1.62. The molecule has 1 fully saturated rings. The van der Waals surface area contributed by atoms with Crippen molar-refractivity contribution in [3.8, 4) is 5.88 Å². The van der Waals surface area contributed by atoms with Crippen LogP contribution in [0.4, 0.5) is 0 Å². The first-order valence-corrected chi connectivity index (χ1v) is 9.36. The van der Waals surface area contributed by atoms with Crippen LogP contribution in [0.2, 0.25) is 0 Å². The third-order valence-electron chi connectivity index (χ3n) is 3.79. The molecule has 0 radical (unpaired) electrons. The van der Waals surface area contributed by atoms with E-state index in [1.165, 1.54) is 31.4 Å². The number of hydrogen-bond donors (Lipinski definition) is 2. The second kappa shape index (κ2) is 7.20. The van der Waals surface area contributed by atoms with Crippen LogP contribution in [0.3, 0.4) is 0 Å². The fourth-order valence-electron chi connectivity index (χ4n) is 2.23. The van der Waals surface area contributed by atoms with Crippen LogP contribution >= 0.6 is 0 Å². The number of hydrogen-bond acceptors (Lipinski definition) is 5. The highest BCUT2D eigenvalue weighted by Gasteiger charge is 2.27. The number of sulfonamides is 1. The van der Waals surface area contributed by atoms with Crippen LogP contribution in [0.1, 0.15) is 28.8 Å². The van der Waals surface area contributed by atoms with Crippen molar-refractivity contribution in [2.45, 2.75) is 30.3 Å². The molecule has 0 spiro atoms. The molecule has 0 bridgehead atoms. The number of rotatable bonds is 7. The van der Waals surface area contributed by atoms with Gasteiger partial charge in [0.05, 0.1) is 12.0 Å². The van der Waals surface area contributed by atoms with Crippen molar-refractivity contribution in [2.75, 3.05) is 7.11 Å². The van der Waals surface area contributed by atoms with Gasteiger partial charge in [-0.3, -0.25) is 4.79 Å². The van der Waals surface area contributed by atoms with E-state index in [4.69, 9.17) is 4.74 Å². The minimum Gasteiger partial charge on any atom is -0.481 e. The van der Waals surface area contributed by atoms with E-state index in [0.717, 1.165) is 18.4 Å². The summed E-state index contributed by atoms with van der Waals surface area (Å²) in [4.78, 5) is 16.4. The number of carbonyl (C=O) groups is 1. The largest absolute Gasteiger partial charge is 0.481 e. The average Bonchev–Trinajstić information content (AvgIpc) is 3.43. The summed E-state index contributed by atoms with van der Waals surface area (Å²) >= 11 is 0. The van der Waals surface area contributed by atoms with E-state index in [1.54, 1.807) is 18.3 Å². The van der Waals surface area contributed by atoms with Crippen LogP contribution < -0.4 is 14.8 Å². The third kappa shape index (κ3) is 4.55. The van der Waals surface area contributed by atoms with Crippen molar-refractivity contribution < 1.29 is 17.9 Å². The molecule has 0 aliphatic heterocycles. The monoisotopic (exact) mass is 361 g/mol. The highest BCUT2D eigenvalue weighted by atomic mass is 32.2. The molecule has 7 nitrogen and oxygen atoms in total.